The van der Waals surface area contributed by atoms with Gasteiger partial charge in [0.05, 0.1) is 12.5 Å². The van der Waals surface area contributed by atoms with Gasteiger partial charge in [-0.15, -0.1) is 0 Å². The summed E-state index contributed by atoms with van der Waals surface area (Å²) in [6.07, 6.45) is 0.148. The van der Waals surface area contributed by atoms with Crippen molar-refractivity contribution in [2.24, 2.45) is 0 Å². The highest BCUT2D eigenvalue weighted by Crippen LogP contribution is 2.26. The topological polar surface area (TPSA) is 84.0 Å². The maximum atomic E-state index is 12.6. The zero-order valence-corrected chi connectivity index (χ0v) is 18.9. The van der Waals surface area contributed by atoms with Gasteiger partial charge in [0, 0.05) is 28.9 Å². The molecular formula is C24H26N4O2S. The van der Waals surface area contributed by atoms with Crippen molar-refractivity contribution < 1.29 is 9.59 Å². The molecule has 1 unspecified atom stereocenters. The summed E-state index contributed by atoms with van der Waals surface area (Å²) < 4.78 is 0. The lowest BCUT2D eigenvalue weighted by molar-refractivity contribution is -0.120. The van der Waals surface area contributed by atoms with Crippen LogP contribution >= 0.6 is 11.8 Å². The number of benzene rings is 2. The SMILES string of the molecule is CC(=O)NC(CC(=O)Nc1ccc(Sc2nc(C)cc(C)n2)cc1)c1ccc(C)cc1. The van der Waals surface area contributed by atoms with Crippen LogP contribution in [0.1, 0.15) is 41.9 Å². The molecule has 2 amide bonds. The largest absolute Gasteiger partial charge is 0.349 e. The minimum absolute atomic E-state index is 0.148. The summed E-state index contributed by atoms with van der Waals surface area (Å²) in [5.74, 6) is -0.342. The number of aromatic nitrogens is 2. The molecule has 1 heterocycles. The van der Waals surface area contributed by atoms with E-state index in [4.69, 9.17) is 0 Å². The molecular weight excluding hydrogens is 408 g/mol. The summed E-state index contributed by atoms with van der Waals surface area (Å²) in [5, 5.41) is 6.47. The summed E-state index contributed by atoms with van der Waals surface area (Å²) in [6.45, 7) is 7.34. The van der Waals surface area contributed by atoms with E-state index in [0.717, 1.165) is 27.4 Å². The number of nitrogens with one attached hydrogen (secondary N) is 2. The average Bonchev–Trinajstić information content (AvgIpc) is 2.68. The first-order valence-electron chi connectivity index (χ1n) is 10.0. The van der Waals surface area contributed by atoms with E-state index in [1.165, 1.54) is 18.7 Å². The molecule has 7 heteroatoms. The molecule has 31 heavy (non-hydrogen) atoms. The van der Waals surface area contributed by atoms with Crippen molar-refractivity contribution in [2.45, 2.75) is 50.2 Å². The first-order valence-corrected chi connectivity index (χ1v) is 10.8. The molecule has 2 aromatic carbocycles. The third-order valence-electron chi connectivity index (χ3n) is 4.56. The van der Waals surface area contributed by atoms with Crippen LogP contribution in [-0.2, 0) is 9.59 Å². The summed E-state index contributed by atoms with van der Waals surface area (Å²) in [7, 11) is 0. The van der Waals surface area contributed by atoms with Crippen molar-refractivity contribution in [3.05, 3.63) is 77.1 Å². The zero-order valence-electron chi connectivity index (χ0n) is 18.1. The van der Waals surface area contributed by atoms with Crippen molar-refractivity contribution in [3.8, 4) is 0 Å². The number of amides is 2. The lowest BCUT2D eigenvalue weighted by Crippen LogP contribution is -2.29. The molecule has 0 spiro atoms. The van der Waals surface area contributed by atoms with E-state index in [1.54, 1.807) is 0 Å². The number of hydrogen-bond acceptors (Lipinski definition) is 5. The Bertz CT molecular complexity index is 1050. The Hall–Kier alpha value is -3.19. The minimum Gasteiger partial charge on any atom is -0.349 e. The molecule has 160 valence electrons. The van der Waals surface area contributed by atoms with Crippen molar-refractivity contribution >= 4 is 29.3 Å². The summed E-state index contributed by atoms with van der Waals surface area (Å²) >= 11 is 1.48. The molecule has 0 saturated carbocycles. The van der Waals surface area contributed by atoms with E-state index in [2.05, 4.69) is 20.6 Å². The second kappa shape index (κ2) is 10.2. The van der Waals surface area contributed by atoms with Gasteiger partial charge in [-0.3, -0.25) is 9.59 Å². The molecule has 0 aliphatic rings. The second-order valence-corrected chi connectivity index (χ2v) is 8.52. The Kier molecular flexibility index (Phi) is 7.41. The molecule has 0 aliphatic carbocycles. The molecule has 0 saturated heterocycles. The number of anilines is 1. The Morgan fingerprint density at radius 3 is 2.13 bits per heavy atom. The smallest absolute Gasteiger partial charge is 0.226 e. The molecule has 0 aliphatic heterocycles. The van der Waals surface area contributed by atoms with Gasteiger partial charge in [-0.25, -0.2) is 9.97 Å². The van der Waals surface area contributed by atoms with Crippen LogP contribution in [0.15, 0.2) is 64.6 Å². The molecule has 1 atom stereocenters. The molecule has 6 nitrogen and oxygen atoms in total. The minimum atomic E-state index is -0.380. The average molecular weight is 435 g/mol. The van der Waals surface area contributed by atoms with Crippen LogP contribution in [0.3, 0.4) is 0 Å². The van der Waals surface area contributed by atoms with Crippen LogP contribution in [0.5, 0.6) is 0 Å². The van der Waals surface area contributed by atoms with Crippen LogP contribution < -0.4 is 10.6 Å². The van der Waals surface area contributed by atoms with Gasteiger partial charge in [-0.1, -0.05) is 29.8 Å². The predicted molar refractivity (Wildman–Crippen MR) is 123 cm³/mol. The van der Waals surface area contributed by atoms with Gasteiger partial charge in [-0.2, -0.15) is 0 Å². The lowest BCUT2D eigenvalue weighted by Gasteiger charge is -2.18. The Labute approximate surface area is 186 Å². The first-order chi connectivity index (χ1) is 14.8. The molecule has 2 N–H and O–H groups in total. The van der Waals surface area contributed by atoms with E-state index in [1.807, 2.05) is 75.4 Å². The fourth-order valence-corrected chi connectivity index (χ4v) is 4.01. The molecule has 0 bridgehead atoms. The van der Waals surface area contributed by atoms with Gasteiger partial charge in [0.1, 0.15) is 0 Å². The Morgan fingerprint density at radius 1 is 0.935 bits per heavy atom. The highest BCUT2D eigenvalue weighted by Gasteiger charge is 2.17. The Balaban J connectivity index is 1.63. The van der Waals surface area contributed by atoms with Crippen molar-refractivity contribution in [3.63, 3.8) is 0 Å². The van der Waals surface area contributed by atoms with Gasteiger partial charge in [-0.05, 0) is 68.4 Å². The Morgan fingerprint density at radius 2 is 1.55 bits per heavy atom. The first kappa shape index (κ1) is 22.5. The predicted octanol–water partition coefficient (Wildman–Crippen LogP) is 4.76. The monoisotopic (exact) mass is 434 g/mol. The zero-order chi connectivity index (χ0) is 22.4. The summed E-state index contributed by atoms with van der Waals surface area (Å²) in [4.78, 5) is 34.1. The fourth-order valence-electron chi connectivity index (χ4n) is 3.14. The van der Waals surface area contributed by atoms with Crippen molar-refractivity contribution in [2.75, 3.05) is 5.32 Å². The highest BCUT2D eigenvalue weighted by molar-refractivity contribution is 7.99. The fraction of sp³-hybridized carbons (Fsp3) is 0.250. The number of aryl methyl sites for hydroxylation is 3. The molecule has 1 aromatic heterocycles. The van der Waals surface area contributed by atoms with E-state index in [9.17, 15) is 9.59 Å². The maximum absolute atomic E-state index is 12.6. The number of hydrogen-bond donors (Lipinski definition) is 2. The van der Waals surface area contributed by atoms with Crippen LogP contribution in [-0.4, -0.2) is 21.8 Å². The molecule has 3 rings (SSSR count). The third kappa shape index (κ3) is 6.93. The van der Waals surface area contributed by atoms with E-state index in [0.29, 0.717) is 10.8 Å². The quantitative estimate of drug-likeness (QED) is 0.524. The van der Waals surface area contributed by atoms with Crippen LogP contribution in [0.25, 0.3) is 0 Å². The second-order valence-electron chi connectivity index (χ2n) is 7.48. The van der Waals surface area contributed by atoms with Gasteiger partial charge in [0.15, 0.2) is 5.16 Å². The number of rotatable bonds is 7. The number of carbonyl (C=O) groups is 2. The summed E-state index contributed by atoms with van der Waals surface area (Å²) in [5.41, 5.74) is 4.58. The lowest BCUT2D eigenvalue weighted by atomic mass is 10.0. The normalized spacial score (nSPS) is 11.6. The van der Waals surface area contributed by atoms with Gasteiger partial charge in [0.25, 0.3) is 0 Å². The highest BCUT2D eigenvalue weighted by atomic mass is 32.2. The van der Waals surface area contributed by atoms with Gasteiger partial charge >= 0.3 is 0 Å². The van der Waals surface area contributed by atoms with E-state index < -0.39 is 0 Å². The molecule has 3 aromatic rings. The van der Waals surface area contributed by atoms with E-state index in [-0.39, 0.29) is 24.3 Å². The molecule has 0 radical (unpaired) electrons. The van der Waals surface area contributed by atoms with Crippen LogP contribution in [0.4, 0.5) is 5.69 Å². The molecule has 0 fully saturated rings. The van der Waals surface area contributed by atoms with Gasteiger partial charge in [0.2, 0.25) is 11.8 Å². The van der Waals surface area contributed by atoms with E-state index >= 15 is 0 Å². The van der Waals surface area contributed by atoms with Gasteiger partial charge < -0.3 is 10.6 Å². The third-order valence-corrected chi connectivity index (χ3v) is 5.43. The number of nitrogens with zero attached hydrogens (tertiary/aromatic N) is 2. The van der Waals surface area contributed by atoms with Crippen LogP contribution in [0, 0.1) is 20.8 Å². The van der Waals surface area contributed by atoms with Crippen molar-refractivity contribution in [1.29, 1.82) is 0 Å². The maximum Gasteiger partial charge on any atom is 0.226 e. The standard InChI is InChI=1S/C24H26N4O2S/c1-15-5-7-19(8-6-15)22(27-18(4)29)14-23(30)28-20-9-11-21(12-10-20)31-24-25-16(2)13-17(3)26-24/h5-13,22H,14H2,1-4H3,(H,27,29)(H,28,30). The van der Waals surface area contributed by atoms with Crippen LogP contribution in [0.2, 0.25) is 0 Å². The number of carbonyl (C=O) groups excluding carboxylic acids is 2. The summed E-state index contributed by atoms with van der Waals surface area (Å²) in [6, 6.07) is 16.9. The van der Waals surface area contributed by atoms with Crippen molar-refractivity contribution in [1.82, 2.24) is 15.3 Å².